The quantitative estimate of drug-likeness (QED) is 0.901. The van der Waals surface area contributed by atoms with E-state index in [4.69, 9.17) is 0 Å². The Morgan fingerprint density at radius 1 is 1.26 bits per heavy atom. The van der Waals surface area contributed by atoms with E-state index in [9.17, 15) is 9.59 Å². The van der Waals surface area contributed by atoms with Crippen LogP contribution in [-0.2, 0) is 9.59 Å². The van der Waals surface area contributed by atoms with Crippen molar-refractivity contribution in [1.29, 1.82) is 0 Å². The van der Waals surface area contributed by atoms with Gasteiger partial charge >= 0.3 is 0 Å². The van der Waals surface area contributed by atoms with Crippen molar-refractivity contribution in [2.24, 2.45) is 0 Å². The van der Waals surface area contributed by atoms with Crippen LogP contribution in [0.1, 0.15) is 56.6 Å². The number of hydrogen-bond acceptors (Lipinski definition) is 3. The Bertz CT molecular complexity index is 521. The van der Waals surface area contributed by atoms with E-state index in [0.717, 1.165) is 58.3 Å². The van der Waals surface area contributed by atoms with Crippen LogP contribution in [-0.4, -0.2) is 58.0 Å². The van der Waals surface area contributed by atoms with E-state index in [2.05, 4.69) is 10.2 Å². The van der Waals surface area contributed by atoms with Gasteiger partial charge in [0.15, 0.2) is 0 Å². The number of hydrogen-bond donors (Lipinski definition) is 1. The lowest BCUT2D eigenvalue weighted by Gasteiger charge is -2.32. The second-order valence-electron chi connectivity index (χ2n) is 6.61. The third-order valence-corrected chi connectivity index (χ3v) is 5.05. The van der Waals surface area contributed by atoms with Crippen molar-refractivity contribution < 1.29 is 9.59 Å². The monoisotopic (exact) mass is 318 g/mol. The summed E-state index contributed by atoms with van der Waals surface area (Å²) in [6, 6.07) is 2.03. The third kappa shape index (κ3) is 4.12. The molecule has 1 N–H and O–H groups in total. The number of amides is 2. The fourth-order valence-electron chi connectivity index (χ4n) is 3.61. The molecule has 2 aliphatic heterocycles. The summed E-state index contributed by atoms with van der Waals surface area (Å²) in [5.74, 6) is 0.981. The molecular weight excluding hydrogens is 292 g/mol. The van der Waals surface area contributed by atoms with Gasteiger partial charge in [-0.15, -0.1) is 0 Å². The molecule has 126 valence electrons. The summed E-state index contributed by atoms with van der Waals surface area (Å²) in [4.78, 5) is 28.0. The molecule has 0 radical (unpaired) electrons. The summed E-state index contributed by atoms with van der Waals surface area (Å²) in [6.45, 7) is 3.24. The summed E-state index contributed by atoms with van der Waals surface area (Å²) in [5.41, 5.74) is 1.18. The highest BCUT2D eigenvalue weighted by atomic mass is 16.2. The van der Waals surface area contributed by atoms with E-state index in [-0.39, 0.29) is 11.8 Å². The number of carbonyl (C=O) groups is 2. The first kappa shape index (κ1) is 16.0. The molecule has 2 amide bonds. The van der Waals surface area contributed by atoms with Crippen molar-refractivity contribution in [1.82, 2.24) is 20.0 Å². The van der Waals surface area contributed by atoms with Crippen LogP contribution >= 0.6 is 0 Å². The normalized spacial score (nSPS) is 20.1. The minimum atomic E-state index is 0.234. The van der Waals surface area contributed by atoms with Crippen molar-refractivity contribution in [3.63, 3.8) is 0 Å². The lowest BCUT2D eigenvalue weighted by Crippen LogP contribution is -2.39. The van der Waals surface area contributed by atoms with Gasteiger partial charge in [-0.3, -0.25) is 14.7 Å². The fourth-order valence-corrected chi connectivity index (χ4v) is 3.61. The second-order valence-corrected chi connectivity index (χ2v) is 6.61. The average molecular weight is 318 g/mol. The Labute approximate surface area is 137 Å². The van der Waals surface area contributed by atoms with Gasteiger partial charge in [0.1, 0.15) is 0 Å². The third-order valence-electron chi connectivity index (χ3n) is 5.05. The lowest BCUT2D eigenvalue weighted by molar-refractivity contribution is -0.135. The topological polar surface area (TPSA) is 69.3 Å². The predicted molar refractivity (Wildman–Crippen MR) is 86.8 cm³/mol. The van der Waals surface area contributed by atoms with Crippen molar-refractivity contribution in [3.05, 3.63) is 18.0 Å². The minimum absolute atomic E-state index is 0.234. The van der Waals surface area contributed by atoms with Crippen molar-refractivity contribution in [2.45, 2.75) is 50.9 Å². The van der Waals surface area contributed by atoms with Gasteiger partial charge in [0.2, 0.25) is 11.8 Å². The van der Waals surface area contributed by atoms with Gasteiger partial charge in [-0.05, 0) is 38.2 Å². The summed E-state index contributed by atoms with van der Waals surface area (Å²) in [5, 5.41) is 7.04. The van der Waals surface area contributed by atoms with Crippen LogP contribution in [0.3, 0.4) is 0 Å². The number of nitrogens with one attached hydrogen (secondary N) is 1. The molecule has 1 aromatic rings. The van der Waals surface area contributed by atoms with Gasteiger partial charge in [0, 0.05) is 56.8 Å². The highest BCUT2D eigenvalue weighted by Gasteiger charge is 2.24. The standard InChI is InChI=1S/C17H26N4O2/c22-16-4-1-2-10-20(16)11-3-5-17(23)21-12-7-14(8-13-21)15-6-9-18-19-15/h6,9,14H,1-5,7-8,10-13H2,(H,18,19). The molecule has 2 saturated heterocycles. The first-order valence-corrected chi connectivity index (χ1v) is 8.79. The highest BCUT2D eigenvalue weighted by Crippen LogP contribution is 2.26. The average Bonchev–Trinajstić information content (AvgIpc) is 3.11. The molecule has 23 heavy (non-hydrogen) atoms. The summed E-state index contributed by atoms with van der Waals surface area (Å²) in [6.07, 6.45) is 7.91. The van der Waals surface area contributed by atoms with Crippen LogP contribution in [0.4, 0.5) is 0 Å². The number of nitrogens with zero attached hydrogens (tertiary/aromatic N) is 3. The Hall–Kier alpha value is -1.85. The molecule has 0 unspecified atom stereocenters. The van der Waals surface area contributed by atoms with Gasteiger partial charge < -0.3 is 9.80 Å². The predicted octanol–water partition coefficient (Wildman–Crippen LogP) is 1.91. The molecule has 0 aliphatic carbocycles. The number of carbonyl (C=O) groups excluding carboxylic acids is 2. The first-order valence-electron chi connectivity index (χ1n) is 8.79. The molecule has 0 bridgehead atoms. The van der Waals surface area contributed by atoms with Crippen LogP contribution in [0.15, 0.2) is 12.3 Å². The van der Waals surface area contributed by atoms with E-state index in [1.54, 1.807) is 6.20 Å². The molecule has 0 atom stereocenters. The maximum atomic E-state index is 12.3. The van der Waals surface area contributed by atoms with E-state index in [1.165, 1.54) is 5.69 Å². The number of piperidine rings is 2. The zero-order valence-electron chi connectivity index (χ0n) is 13.7. The largest absolute Gasteiger partial charge is 0.343 e. The van der Waals surface area contributed by atoms with Crippen molar-refractivity contribution in [3.8, 4) is 0 Å². The number of aromatic amines is 1. The minimum Gasteiger partial charge on any atom is -0.343 e. The Morgan fingerprint density at radius 2 is 2.09 bits per heavy atom. The van der Waals surface area contributed by atoms with Crippen LogP contribution in [0.25, 0.3) is 0 Å². The van der Waals surface area contributed by atoms with E-state index in [0.29, 0.717) is 18.8 Å². The Kier molecular flexibility index (Phi) is 5.31. The van der Waals surface area contributed by atoms with Crippen LogP contribution in [0.2, 0.25) is 0 Å². The van der Waals surface area contributed by atoms with Crippen LogP contribution in [0.5, 0.6) is 0 Å². The van der Waals surface area contributed by atoms with Crippen LogP contribution < -0.4 is 0 Å². The molecule has 6 heteroatoms. The molecule has 3 rings (SSSR count). The number of aromatic nitrogens is 2. The molecule has 2 fully saturated rings. The molecule has 6 nitrogen and oxygen atoms in total. The molecule has 1 aromatic heterocycles. The van der Waals surface area contributed by atoms with Gasteiger partial charge in [-0.2, -0.15) is 5.10 Å². The van der Waals surface area contributed by atoms with Crippen molar-refractivity contribution in [2.75, 3.05) is 26.2 Å². The molecule has 0 spiro atoms. The summed E-state index contributed by atoms with van der Waals surface area (Å²) >= 11 is 0. The maximum absolute atomic E-state index is 12.3. The number of H-pyrrole nitrogens is 1. The van der Waals surface area contributed by atoms with E-state index in [1.807, 2.05) is 15.9 Å². The first-order chi connectivity index (χ1) is 11.2. The SMILES string of the molecule is O=C1CCCCN1CCCC(=O)N1CCC(c2ccn[nH]2)CC1. The Morgan fingerprint density at radius 3 is 2.78 bits per heavy atom. The zero-order valence-corrected chi connectivity index (χ0v) is 13.7. The molecule has 0 saturated carbocycles. The zero-order chi connectivity index (χ0) is 16.1. The van der Waals surface area contributed by atoms with Gasteiger partial charge in [-0.25, -0.2) is 0 Å². The van der Waals surface area contributed by atoms with Gasteiger partial charge in [0.05, 0.1) is 0 Å². The second kappa shape index (κ2) is 7.62. The highest BCUT2D eigenvalue weighted by molar-refractivity contribution is 5.77. The van der Waals surface area contributed by atoms with E-state index < -0.39 is 0 Å². The number of rotatable bonds is 5. The molecular formula is C17H26N4O2. The lowest BCUT2D eigenvalue weighted by atomic mass is 9.93. The fraction of sp³-hybridized carbons (Fsp3) is 0.706. The molecule has 0 aromatic carbocycles. The van der Waals surface area contributed by atoms with Gasteiger partial charge in [-0.1, -0.05) is 0 Å². The Balaban J connectivity index is 1.37. The smallest absolute Gasteiger partial charge is 0.222 e. The summed E-state index contributed by atoms with van der Waals surface area (Å²) < 4.78 is 0. The van der Waals surface area contributed by atoms with Crippen LogP contribution in [0, 0.1) is 0 Å². The summed E-state index contributed by atoms with van der Waals surface area (Å²) in [7, 11) is 0. The number of likely N-dealkylation sites (tertiary alicyclic amines) is 2. The maximum Gasteiger partial charge on any atom is 0.222 e. The molecule has 3 heterocycles. The molecule has 2 aliphatic rings. The van der Waals surface area contributed by atoms with Gasteiger partial charge in [0.25, 0.3) is 0 Å². The van der Waals surface area contributed by atoms with E-state index >= 15 is 0 Å². The van der Waals surface area contributed by atoms with Crippen molar-refractivity contribution >= 4 is 11.8 Å².